The fourth-order valence-corrected chi connectivity index (χ4v) is 1.58. The fourth-order valence-electron chi connectivity index (χ4n) is 1.58. The van der Waals surface area contributed by atoms with Crippen LogP contribution in [0.1, 0.15) is 37.3 Å². The van der Waals surface area contributed by atoms with E-state index < -0.39 is 0 Å². The zero-order chi connectivity index (χ0) is 11.4. The van der Waals surface area contributed by atoms with E-state index in [2.05, 4.69) is 17.2 Å². The first-order valence-corrected chi connectivity index (χ1v) is 5.47. The predicted octanol–water partition coefficient (Wildman–Crippen LogP) is 1.72. The van der Waals surface area contributed by atoms with E-state index in [4.69, 9.17) is 10.2 Å². The van der Waals surface area contributed by atoms with Gasteiger partial charge in [-0.05, 0) is 18.6 Å². The van der Waals surface area contributed by atoms with Gasteiger partial charge < -0.3 is 10.2 Å². The molecule has 2 rings (SSSR count). The smallest absolute Gasteiger partial charge is 0.125 e. The highest BCUT2D eigenvalue weighted by molar-refractivity contribution is 5.02. The second kappa shape index (κ2) is 4.94. The monoisotopic (exact) mass is 220 g/mol. The molecule has 86 valence electrons. The molecule has 16 heavy (non-hydrogen) atoms. The molecule has 0 saturated heterocycles. The van der Waals surface area contributed by atoms with Crippen molar-refractivity contribution in [2.24, 2.45) is 5.73 Å². The molecular formula is C11H16N4O. The summed E-state index contributed by atoms with van der Waals surface area (Å²) in [7, 11) is 0. The van der Waals surface area contributed by atoms with Gasteiger partial charge in [-0.1, -0.05) is 18.6 Å². The van der Waals surface area contributed by atoms with E-state index in [0.29, 0.717) is 6.54 Å². The Morgan fingerprint density at radius 1 is 1.56 bits per heavy atom. The van der Waals surface area contributed by atoms with Crippen molar-refractivity contribution in [2.45, 2.75) is 32.4 Å². The molecule has 0 aromatic carbocycles. The zero-order valence-electron chi connectivity index (χ0n) is 9.34. The number of rotatable bonds is 5. The van der Waals surface area contributed by atoms with Crippen LogP contribution >= 0.6 is 0 Å². The van der Waals surface area contributed by atoms with Crippen LogP contribution in [0.2, 0.25) is 0 Å². The van der Waals surface area contributed by atoms with Crippen molar-refractivity contribution in [3.63, 3.8) is 0 Å². The summed E-state index contributed by atoms with van der Waals surface area (Å²) in [6, 6.07) is 3.75. The van der Waals surface area contributed by atoms with Crippen LogP contribution in [-0.4, -0.2) is 15.0 Å². The second-order valence-corrected chi connectivity index (χ2v) is 3.82. The summed E-state index contributed by atoms with van der Waals surface area (Å²) in [5, 5.41) is 8.08. The summed E-state index contributed by atoms with van der Waals surface area (Å²) in [6.45, 7) is 2.70. The van der Waals surface area contributed by atoms with Crippen molar-refractivity contribution in [3.8, 4) is 0 Å². The maximum absolute atomic E-state index is 5.95. The lowest BCUT2D eigenvalue weighted by molar-refractivity contribution is 0.475. The summed E-state index contributed by atoms with van der Waals surface area (Å²) in [6.07, 6.45) is 5.50. The third-order valence-electron chi connectivity index (χ3n) is 2.43. The first kappa shape index (κ1) is 10.9. The minimum atomic E-state index is -0.0182. The highest BCUT2D eigenvalue weighted by atomic mass is 16.3. The summed E-state index contributed by atoms with van der Waals surface area (Å²) >= 11 is 0. The van der Waals surface area contributed by atoms with Gasteiger partial charge in [0.25, 0.3) is 0 Å². The quantitative estimate of drug-likeness (QED) is 0.832. The van der Waals surface area contributed by atoms with E-state index >= 15 is 0 Å². The molecule has 1 unspecified atom stereocenters. The number of hydrogen-bond acceptors (Lipinski definition) is 4. The molecule has 5 heteroatoms. The van der Waals surface area contributed by atoms with Gasteiger partial charge in [0.1, 0.15) is 12.3 Å². The van der Waals surface area contributed by atoms with Gasteiger partial charge in [-0.25, -0.2) is 4.68 Å². The standard InChI is InChI=1S/C11H16N4O/c1-2-4-10(12)11-8-15(14-13-11)7-9-5-3-6-16-9/h3,5-6,8,10H,2,4,7,12H2,1H3. The summed E-state index contributed by atoms with van der Waals surface area (Å²) in [5.74, 6) is 0.862. The van der Waals surface area contributed by atoms with Gasteiger partial charge in [0, 0.05) is 0 Å². The average Bonchev–Trinajstić information content (AvgIpc) is 2.90. The second-order valence-electron chi connectivity index (χ2n) is 3.82. The third kappa shape index (κ3) is 2.49. The van der Waals surface area contributed by atoms with E-state index in [1.54, 1.807) is 10.9 Å². The van der Waals surface area contributed by atoms with Crippen LogP contribution in [0.25, 0.3) is 0 Å². The molecule has 0 radical (unpaired) electrons. The van der Waals surface area contributed by atoms with Crippen molar-refractivity contribution in [1.82, 2.24) is 15.0 Å². The molecule has 0 aliphatic rings. The molecule has 0 fully saturated rings. The van der Waals surface area contributed by atoms with Gasteiger partial charge >= 0.3 is 0 Å². The van der Waals surface area contributed by atoms with Crippen LogP contribution in [0.5, 0.6) is 0 Å². The molecule has 0 aliphatic heterocycles. The lowest BCUT2D eigenvalue weighted by Gasteiger charge is -2.04. The van der Waals surface area contributed by atoms with Crippen LogP contribution in [0.4, 0.5) is 0 Å². The average molecular weight is 220 g/mol. The van der Waals surface area contributed by atoms with Crippen molar-refractivity contribution in [2.75, 3.05) is 0 Å². The highest BCUT2D eigenvalue weighted by Gasteiger charge is 2.09. The molecule has 0 amide bonds. The Morgan fingerprint density at radius 3 is 3.12 bits per heavy atom. The third-order valence-corrected chi connectivity index (χ3v) is 2.43. The Bertz CT molecular complexity index is 421. The van der Waals surface area contributed by atoms with Gasteiger partial charge in [0.05, 0.1) is 24.2 Å². The van der Waals surface area contributed by atoms with Crippen LogP contribution in [0.3, 0.4) is 0 Å². The van der Waals surface area contributed by atoms with Crippen molar-refractivity contribution >= 4 is 0 Å². The number of nitrogens with two attached hydrogens (primary N) is 1. The Balaban J connectivity index is 2.02. The number of nitrogens with zero attached hydrogens (tertiary/aromatic N) is 3. The van der Waals surface area contributed by atoms with E-state index in [0.717, 1.165) is 24.3 Å². The fraction of sp³-hybridized carbons (Fsp3) is 0.455. The van der Waals surface area contributed by atoms with Crippen LogP contribution in [0, 0.1) is 0 Å². The van der Waals surface area contributed by atoms with Crippen molar-refractivity contribution < 1.29 is 4.42 Å². The number of hydrogen-bond donors (Lipinski definition) is 1. The molecule has 0 saturated carbocycles. The summed E-state index contributed by atoms with van der Waals surface area (Å²) in [5.41, 5.74) is 6.79. The Kier molecular flexibility index (Phi) is 3.36. The van der Waals surface area contributed by atoms with Gasteiger partial charge in [-0.15, -0.1) is 5.10 Å². The molecule has 0 bridgehead atoms. The lowest BCUT2D eigenvalue weighted by atomic mass is 10.1. The van der Waals surface area contributed by atoms with Crippen molar-refractivity contribution in [1.29, 1.82) is 0 Å². The number of aromatic nitrogens is 3. The van der Waals surface area contributed by atoms with E-state index in [1.165, 1.54) is 0 Å². The molecule has 0 spiro atoms. The molecule has 0 aliphatic carbocycles. The molecule has 2 heterocycles. The van der Waals surface area contributed by atoms with Crippen molar-refractivity contribution in [3.05, 3.63) is 36.0 Å². The maximum atomic E-state index is 5.95. The first-order valence-electron chi connectivity index (χ1n) is 5.47. The SMILES string of the molecule is CCCC(N)c1cn(Cc2ccco2)nn1. The minimum absolute atomic E-state index is 0.0182. The molecule has 2 aromatic rings. The van der Waals surface area contributed by atoms with Crippen LogP contribution in [0.15, 0.2) is 29.0 Å². The van der Waals surface area contributed by atoms with Gasteiger partial charge in [0.15, 0.2) is 0 Å². The largest absolute Gasteiger partial charge is 0.467 e. The van der Waals surface area contributed by atoms with Gasteiger partial charge in [-0.3, -0.25) is 0 Å². The number of furan rings is 1. The van der Waals surface area contributed by atoms with Gasteiger partial charge in [0.2, 0.25) is 0 Å². The summed E-state index contributed by atoms with van der Waals surface area (Å²) < 4.78 is 6.97. The lowest BCUT2D eigenvalue weighted by Crippen LogP contribution is -2.10. The normalized spacial score (nSPS) is 12.9. The highest BCUT2D eigenvalue weighted by Crippen LogP contribution is 2.12. The molecule has 2 N–H and O–H groups in total. The first-order chi connectivity index (χ1) is 7.79. The maximum Gasteiger partial charge on any atom is 0.125 e. The van der Waals surface area contributed by atoms with Gasteiger partial charge in [-0.2, -0.15) is 0 Å². The summed E-state index contributed by atoms with van der Waals surface area (Å²) in [4.78, 5) is 0. The molecule has 5 nitrogen and oxygen atoms in total. The van der Waals surface area contributed by atoms with E-state index in [1.807, 2.05) is 18.3 Å². The Labute approximate surface area is 94.2 Å². The minimum Gasteiger partial charge on any atom is -0.467 e. The van der Waals surface area contributed by atoms with Crippen LogP contribution < -0.4 is 5.73 Å². The topological polar surface area (TPSA) is 69.9 Å². The van der Waals surface area contributed by atoms with E-state index in [-0.39, 0.29) is 6.04 Å². The predicted molar refractivity (Wildman–Crippen MR) is 59.7 cm³/mol. The Morgan fingerprint density at radius 2 is 2.44 bits per heavy atom. The molecule has 2 aromatic heterocycles. The zero-order valence-corrected chi connectivity index (χ0v) is 9.34. The Hall–Kier alpha value is -1.62. The molecular weight excluding hydrogens is 204 g/mol. The van der Waals surface area contributed by atoms with Crippen LogP contribution in [-0.2, 0) is 6.54 Å². The van der Waals surface area contributed by atoms with E-state index in [9.17, 15) is 0 Å². The molecule has 1 atom stereocenters.